The zero-order chi connectivity index (χ0) is 21.8. The Morgan fingerprint density at radius 2 is 1.73 bits per heavy atom. The number of hydrogen-bond donors (Lipinski definition) is 0. The second-order valence-electron chi connectivity index (χ2n) is 6.89. The Bertz CT molecular complexity index is 1060. The van der Waals surface area contributed by atoms with Crippen LogP contribution in [0.1, 0.15) is 45.4 Å². The molecule has 0 saturated heterocycles. The van der Waals surface area contributed by atoms with Crippen LogP contribution in [0.5, 0.6) is 0 Å². The number of allylic oxidation sites excluding steroid dienone is 3. The highest BCUT2D eigenvalue weighted by Crippen LogP contribution is 2.31. The lowest BCUT2D eigenvalue weighted by Gasteiger charge is -2.20. The molecule has 0 N–H and O–H groups in total. The molecule has 0 spiro atoms. The molecule has 6 nitrogen and oxygen atoms in total. The molecule has 2 aromatic rings. The van der Waals surface area contributed by atoms with Gasteiger partial charge in [0.15, 0.2) is 5.78 Å². The molecule has 8 heteroatoms. The second-order valence-corrected chi connectivity index (χ2v) is 8.91. The maximum absolute atomic E-state index is 13.4. The van der Waals surface area contributed by atoms with Crippen LogP contribution in [0.15, 0.2) is 42.5 Å². The second kappa shape index (κ2) is 10.2. The highest BCUT2D eigenvalue weighted by atomic mass is 32.2. The van der Waals surface area contributed by atoms with Crippen molar-refractivity contribution in [3.05, 3.63) is 59.6 Å². The van der Waals surface area contributed by atoms with Crippen LogP contribution in [0.3, 0.4) is 0 Å². The van der Waals surface area contributed by atoms with E-state index in [4.69, 9.17) is 0 Å². The zero-order valence-electron chi connectivity index (χ0n) is 17.0. The van der Waals surface area contributed by atoms with Gasteiger partial charge in [0.1, 0.15) is 5.82 Å². The molecule has 1 aromatic carbocycles. The Labute approximate surface area is 178 Å². The number of aromatic nitrogens is 2. The highest BCUT2D eigenvalue weighted by molar-refractivity contribution is 7.92. The fourth-order valence-corrected chi connectivity index (χ4v) is 2.92. The maximum Gasteiger partial charge on any atom is 0.239 e. The molecule has 0 aliphatic heterocycles. The van der Waals surface area contributed by atoms with E-state index < -0.39 is 10.0 Å². The van der Waals surface area contributed by atoms with Crippen molar-refractivity contribution in [3.8, 4) is 11.3 Å². The summed E-state index contributed by atoms with van der Waals surface area (Å²) >= 11 is 0. The molecule has 0 bridgehead atoms. The molecule has 0 fully saturated rings. The van der Waals surface area contributed by atoms with Crippen LogP contribution in [0.25, 0.3) is 17.3 Å². The molecule has 1 heterocycles. The lowest BCUT2D eigenvalue weighted by atomic mass is 9.98. The minimum atomic E-state index is -3.57. The lowest BCUT2D eigenvalue weighted by Crippen LogP contribution is -2.27. The fourth-order valence-electron chi connectivity index (χ4n) is 2.54. The van der Waals surface area contributed by atoms with Gasteiger partial charge in [-0.15, -0.1) is 0 Å². The van der Waals surface area contributed by atoms with Gasteiger partial charge in [-0.25, -0.2) is 27.1 Å². The van der Waals surface area contributed by atoms with E-state index in [1.165, 1.54) is 32.2 Å². The van der Waals surface area contributed by atoms with E-state index in [9.17, 15) is 17.6 Å². The predicted octanol–water partition coefficient (Wildman–Crippen LogP) is 4.60. The molecule has 0 atom stereocenters. The van der Waals surface area contributed by atoms with Crippen molar-refractivity contribution < 1.29 is 17.6 Å². The van der Waals surface area contributed by atoms with E-state index >= 15 is 0 Å². The lowest BCUT2D eigenvalue weighted by molar-refractivity contribution is -0.112. The summed E-state index contributed by atoms with van der Waals surface area (Å²) in [5.74, 6) is -0.479. The van der Waals surface area contributed by atoms with E-state index in [2.05, 4.69) is 9.97 Å². The molecular formula is C22H28FN3O3S. The first kappa shape index (κ1) is 25.2. The first-order valence-corrected chi connectivity index (χ1v) is 10.8. The first-order chi connectivity index (χ1) is 13.5. The van der Waals surface area contributed by atoms with Gasteiger partial charge in [-0.3, -0.25) is 4.79 Å². The van der Waals surface area contributed by atoms with Gasteiger partial charge in [-0.1, -0.05) is 39.5 Å². The molecule has 30 heavy (non-hydrogen) atoms. The number of nitrogens with zero attached hydrogens (tertiary/aromatic N) is 3. The minimum absolute atomic E-state index is 0. The van der Waals surface area contributed by atoms with E-state index in [0.29, 0.717) is 22.5 Å². The fraction of sp³-hybridized carbons (Fsp3) is 0.318. The standard InChI is InChI=1S/C21H24FN3O3S.CH4/c1-14(2)19-18(9-7-6-8-15(3)26)20(16-10-12-17(22)13-11-16)24-21(23-19)25(4)29(5,27)28;/h6-14H,1-5H3;1H4/b8-6+,9-7+;. The molecular weight excluding hydrogens is 405 g/mol. The number of halogens is 1. The molecule has 162 valence electrons. The third-order valence-electron chi connectivity index (χ3n) is 4.11. The molecule has 0 aliphatic carbocycles. The minimum Gasteiger partial charge on any atom is -0.295 e. The van der Waals surface area contributed by atoms with Gasteiger partial charge in [0.05, 0.1) is 17.6 Å². The van der Waals surface area contributed by atoms with Crippen LogP contribution in [0, 0.1) is 5.82 Å². The number of ketones is 1. The van der Waals surface area contributed by atoms with Gasteiger partial charge < -0.3 is 0 Å². The molecule has 2 rings (SSSR count). The third-order valence-corrected chi connectivity index (χ3v) is 5.27. The quantitative estimate of drug-likeness (QED) is 0.471. The summed E-state index contributed by atoms with van der Waals surface area (Å²) in [6.45, 7) is 5.32. The van der Waals surface area contributed by atoms with Crippen LogP contribution in [-0.4, -0.2) is 37.5 Å². The van der Waals surface area contributed by atoms with Crippen molar-refractivity contribution in [3.63, 3.8) is 0 Å². The van der Waals surface area contributed by atoms with Crippen LogP contribution in [-0.2, 0) is 14.8 Å². The SMILES string of the molecule is C.CC(=O)/C=C/C=C/c1c(-c2ccc(F)cc2)nc(N(C)S(C)(=O)=O)nc1C(C)C. The predicted molar refractivity (Wildman–Crippen MR) is 120 cm³/mol. The van der Waals surface area contributed by atoms with Crippen molar-refractivity contribution in [1.29, 1.82) is 0 Å². The Morgan fingerprint density at radius 3 is 2.23 bits per heavy atom. The van der Waals surface area contributed by atoms with Gasteiger partial charge in [0.25, 0.3) is 0 Å². The van der Waals surface area contributed by atoms with Crippen molar-refractivity contribution in [2.45, 2.75) is 34.1 Å². The summed E-state index contributed by atoms with van der Waals surface area (Å²) in [4.78, 5) is 20.1. The van der Waals surface area contributed by atoms with Gasteiger partial charge in [-0.05, 0) is 43.2 Å². The Morgan fingerprint density at radius 1 is 1.13 bits per heavy atom. The Balaban J connectivity index is 0.00000450. The van der Waals surface area contributed by atoms with Gasteiger partial charge in [0.2, 0.25) is 16.0 Å². The van der Waals surface area contributed by atoms with Crippen LogP contribution in [0.4, 0.5) is 10.3 Å². The Kier molecular flexibility index (Phi) is 8.60. The number of carbonyl (C=O) groups excluding carboxylic acids is 1. The summed E-state index contributed by atoms with van der Waals surface area (Å²) in [5.41, 5.74) is 2.40. The third kappa shape index (κ3) is 6.32. The number of rotatable bonds is 7. The summed E-state index contributed by atoms with van der Waals surface area (Å²) in [5, 5.41) is 0. The van der Waals surface area contributed by atoms with Crippen LogP contribution in [0.2, 0.25) is 0 Å². The first-order valence-electron chi connectivity index (χ1n) is 8.97. The van der Waals surface area contributed by atoms with E-state index in [0.717, 1.165) is 10.6 Å². The summed E-state index contributed by atoms with van der Waals surface area (Å²) in [6.07, 6.45) is 7.56. The monoisotopic (exact) mass is 433 g/mol. The van der Waals surface area contributed by atoms with Crippen molar-refractivity contribution in [1.82, 2.24) is 9.97 Å². The topological polar surface area (TPSA) is 80.2 Å². The molecule has 0 unspecified atom stereocenters. The molecule has 0 aliphatic rings. The van der Waals surface area contributed by atoms with Crippen molar-refractivity contribution in [2.75, 3.05) is 17.6 Å². The molecule has 1 aromatic heterocycles. The average molecular weight is 434 g/mol. The van der Waals surface area contributed by atoms with Crippen molar-refractivity contribution in [2.24, 2.45) is 0 Å². The number of carbonyl (C=O) groups is 1. The van der Waals surface area contributed by atoms with Crippen molar-refractivity contribution >= 4 is 27.8 Å². The number of sulfonamides is 1. The summed E-state index contributed by atoms with van der Waals surface area (Å²) in [6, 6.07) is 5.79. The summed E-state index contributed by atoms with van der Waals surface area (Å²) < 4.78 is 38.4. The number of benzene rings is 1. The highest BCUT2D eigenvalue weighted by Gasteiger charge is 2.21. The van der Waals surface area contributed by atoms with E-state index in [1.807, 2.05) is 13.8 Å². The van der Waals surface area contributed by atoms with Gasteiger partial charge in [0, 0.05) is 18.2 Å². The molecule has 0 radical (unpaired) electrons. The largest absolute Gasteiger partial charge is 0.295 e. The summed E-state index contributed by atoms with van der Waals surface area (Å²) in [7, 11) is -2.18. The van der Waals surface area contributed by atoms with Crippen LogP contribution < -0.4 is 4.31 Å². The van der Waals surface area contributed by atoms with Gasteiger partial charge >= 0.3 is 0 Å². The van der Waals surface area contributed by atoms with E-state index in [1.54, 1.807) is 30.4 Å². The van der Waals surface area contributed by atoms with E-state index in [-0.39, 0.29) is 30.9 Å². The van der Waals surface area contributed by atoms with Gasteiger partial charge in [-0.2, -0.15) is 0 Å². The maximum atomic E-state index is 13.4. The number of hydrogen-bond acceptors (Lipinski definition) is 5. The molecule has 0 saturated carbocycles. The van der Waals surface area contributed by atoms with Crippen LogP contribution >= 0.6 is 0 Å². The average Bonchev–Trinajstić information content (AvgIpc) is 2.64. The Hall–Kier alpha value is -2.87. The number of anilines is 1. The zero-order valence-corrected chi connectivity index (χ0v) is 17.9. The normalized spacial score (nSPS) is 11.8. The smallest absolute Gasteiger partial charge is 0.239 e. The molecule has 0 amide bonds.